The Hall–Kier alpha value is -3.51. The molecule has 0 bridgehead atoms. The molecule has 0 aliphatic carbocycles. The van der Waals surface area contributed by atoms with Gasteiger partial charge in [-0.05, 0) is 18.2 Å². The molecule has 1 aromatic rings. The van der Waals surface area contributed by atoms with Gasteiger partial charge in [0.15, 0.2) is 18.1 Å². The zero-order valence-corrected chi connectivity index (χ0v) is 13.1. The van der Waals surface area contributed by atoms with Gasteiger partial charge in [-0.1, -0.05) is 12.1 Å². The average Bonchev–Trinajstić information content (AvgIpc) is 2.57. The number of methoxy groups -OCH3 is 1. The largest absolute Gasteiger partial charge is 0.493 e. The number of nitrogens with one attached hydrogen (secondary N) is 2. The minimum absolute atomic E-state index is 0.116. The highest BCUT2D eigenvalue weighted by Crippen LogP contribution is 2.32. The van der Waals surface area contributed by atoms with Crippen molar-refractivity contribution < 1.29 is 29.3 Å². The number of rotatable bonds is 6. The average molecular weight is 345 g/mol. The molecule has 1 amide bonds. The van der Waals surface area contributed by atoms with Crippen molar-refractivity contribution in [1.29, 1.82) is 5.26 Å². The lowest BCUT2D eigenvalue weighted by Gasteiger charge is -2.22. The van der Waals surface area contributed by atoms with Crippen LogP contribution in [-0.4, -0.2) is 42.2 Å². The number of carbonyl (C=O) groups is 2. The fraction of sp³-hybridized carbons (Fsp3) is 0.188. The summed E-state index contributed by atoms with van der Waals surface area (Å²) in [4.78, 5) is 22.4. The van der Waals surface area contributed by atoms with E-state index in [-0.39, 0.29) is 17.0 Å². The van der Waals surface area contributed by atoms with Crippen LogP contribution in [0, 0.1) is 11.3 Å². The molecule has 2 rings (SSSR count). The molecule has 4 N–H and O–H groups in total. The fourth-order valence-corrected chi connectivity index (χ4v) is 2.10. The second-order valence-electron chi connectivity index (χ2n) is 4.82. The van der Waals surface area contributed by atoms with Crippen molar-refractivity contribution in [3.8, 4) is 17.6 Å². The number of hydrogen-bond acceptors (Lipinski definition) is 7. The van der Waals surface area contributed by atoms with Crippen molar-refractivity contribution in [2.45, 2.75) is 6.35 Å². The monoisotopic (exact) mass is 345 g/mol. The van der Waals surface area contributed by atoms with E-state index in [1.54, 1.807) is 24.3 Å². The fourth-order valence-electron chi connectivity index (χ4n) is 2.10. The van der Waals surface area contributed by atoms with Gasteiger partial charge in [-0.2, -0.15) is 5.26 Å². The van der Waals surface area contributed by atoms with Gasteiger partial charge in [-0.15, -0.1) is 0 Å². The molecule has 0 aromatic heterocycles. The van der Waals surface area contributed by atoms with Crippen molar-refractivity contribution in [2.75, 3.05) is 13.7 Å². The normalized spacial score (nSPS) is 16.8. The lowest BCUT2D eigenvalue weighted by atomic mass is 10.1. The van der Waals surface area contributed by atoms with Crippen LogP contribution in [0.5, 0.6) is 11.5 Å². The second kappa shape index (κ2) is 7.85. The minimum Gasteiger partial charge on any atom is -0.493 e. The molecule has 1 heterocycles. The molecule has 130 valence electrons. The number of aliphatic carboxylic acids is 1. The van der Waals surface area contributed by atoms with Crippen LogP contribution >= 0.6 is 0 Å². The number of nitrogens with zero attached hydrogens (tertiary/aromatic N) is 1. The zero-order valence-electron chi connectivity index (χ0n) is 13.1. The lowest BCUT2D eigenvalue weighted by Crippen LogP contribution is -2.49. The Labute approximate surface area is 142 Å². The number of amides is 1. The number of aliphatic hydroxyl groups excluding tert-OH is 1. The van der Waals surface area contributed by atoms with Crippen molar-refractivity contribution in [1.82, 2.24) is 10.6 Å². The number of aliphatic hydroxyl groups is 1. The molecule has 0 saturated carbocycles. The summed E-state index contributed by atoms with van der Waals surface area (Å²) in [5, 5.41) is 32.0. The zero-order chi connectivity index (χ0) is 18.4. The molecule has 9 heteroatoms. The summed E-state index contributed by atoms with van der Waals surface area (Å²) in [5.41, 5.74) is 0.385. The van der Waals surface area contributed by atoms with E-state index in [2.05, 4.69) is 10.6 Å². The predicted molar refractivity (Wildman–Crippen MR) is 85.1 cm³/mol. The van der Waals surface area contributed by atoms with E-state index < -0.39 is 24.8 Å². The molecule has 25 heavy (non-hydrogen) atoms. The molecule has 0 radical (unpaired) electrons. The Balaban J connectivity index is 2.38. The van der Waals surface area contributed by atoms with Crippen LogP contribution < -0.4 is 20.1 Å². The first kappa shape index (κ1) is 17.8. The maximum Gasteiger partial charge on any atom is 0.341 e. The van der Waals surface area contributed by atoms with Crippen molar-refractivity contribution >= 4 is 18.0 Å². The molecule has 0 fully saturated rings. The van der Waals surface area contributed by atoms with Gasteiger partial charge >= 0.3 is 5.97 Å². The Kier molecular flexibility index (Phi) is 5.60. The van der Waals surface area contributed by atoms with E-state index in [0.29, 0.717) is 11.3 Å². The standard InChI is InChI=1S/C16H15N3O6/c1-24-12-4-2-3-9(14(12)25-8-13(20)21)5-6-11-10(7-17)15(22)19-16(23)18-11/h2-6,16,18,23H,8H2,1H3,(H,19,22)(H,20,21)/b6-5+. The number of allylic oxidation sites excluding steroid dienone is 1. The third kappa shape index (κ3) is 4.27. The molecule has 1 unspecified atom stereocenters. The number of carbonyl (C=O) groups excluding carboxylic acids is 1. The van der Waals surface area contributed by atoms with Crippen molar-refractivity contribution in [2.24, 2.45) is 0 Å². The Morgan fingerprint density at radius 3 is 2.80 bits per heavy atom. The third-order valence-corrected chi connectivity index (χ3v) is 3.17. The van der Waals surface area contributed by atoms with Gasteiger partial charge in [-0.3, -0.25) is 4.79 Å². The van der Waals surface area contributed by atoms with Gasteiger partial charge in [0.25, 0.3) is 5.91 Å². The highest BCUT2D eigenvalue weighted by Gasteiger charge is 2.23. The van der Waals surface area contributed by atoms with Crippen LogP contribution in [0.15, 0.2) is 35.5 Å². The summed E-state index contributed by atoms with van der Waals surface area (Å²) in [5.74, 6) is -1.33. The van der Waals surface area contributed by atoms with Gasteiger partial charge in [0.1, 0.15) is 11.6 Å². The molecule has 1 aliphatic rings. The smallest absolute Gasteiger partial charge is 0.341 e. The van der Waals surface area contributed by atoms with Gasteiger partial charge < -0.3 is 30.3 Å². The van der Waals surface area contributed by atoms with E-state index in [4.69, 9.17) is 19.8 Å². The van der Waals surface area contributed by atoms with Gasteiger partial charge in [0, 0.05) is 5.56 Å². The van der Waals surface area contributed by atoms with Crippen LogP contribution in [-0.2, 0) is 9.59 Å². The van der Waals surface area contributed by atoms with Crippen LogP contribution in [0.1, 0.15) is 5.56 Å². The molecule has 1 atom stereocenters. The summed E-state index contributed by atoms with van der Waals surface area (Å²) in [6.07, 6.45) is 1.59. The molecule has 0 saturated heterocycles. The van der Waals surface area contributed by atoms with Crippen molar-refractivity contribution in [3.63, 3.8) is 0 Å². The summed E-state index contributed by atoms with van der Waals surface area (Å²) in [6.45, 7) is -0.563. The molecular weight excluding hydrogens is 330 g/mol. The summed E-state index contributed by atoms with van der Waals surface area (Å²) in [7, 11) is 1.41. The quantitative estimate of drug-likeness (QED) is 0.562. The second-order valence-corrected chi connectivity index (χ2v) is 4.82. The van der Waals surface area contributed by atoms with Gasteiger partial charge in [-0.25, -0.2) is 4.79 Å². The number of nitriles is 1. The van der Waals surface area contributed by atoms with Crippen LogP contribution in [0.4, 0.5) is 0 Å². The molecule has 9 nitrogen and oxygen atoms in total. The van der Waals surface area contributed by atoms with E-state index in [1.165, 1.54) is 19.3 Å². The first-order valence-electron chi connectivity index (χ1n) is 7.05. The minimum atomic E-state index is -1.32. The van der Waals surface area contributed by atoms with E-state index in [0.717, 1.165) is 0 Å². The molecule has 0 spiro atoms. The van der Waals surface area contributed by atoms with Gasteiger partial charge in [0.2, 0.25) is 6.35 Å². The SMILES string of the molecule is COc1cccc(/C=C/C2=C(C#N)C(=O)NC(O)N2)c1OCC(=O)O. The van der Waals surface area contributed by atoms with Crippen LogP contribution in [0.2, 0.25) is 0 Å². The van der Waals surface area contributed by atoms with E-state index in [1.807, 2.05) is 0 Å². The maximum atomic E-state index is 11.7. The summed E-state index contributed by atoms with van der Waals surface area (Å²) < 4.78 is 10.4. The van der Waals surface area contributed by atoms with Crippen molar-refractivity contribution in [3.05, 3.63) is 41.1 Å². The predicted octanol–water partition coefficient (Wildman–Crippen LogP) is -0.0552. The highest BCUT2D eigenvalue weighted by molar-refractivity contribution is 5.99. The Morgan fingerprint density at radius 1 is 1.40 bits per heavy atom. The van der Waals surface area contributed by atoms with Crippen LogP contribution in [0.3, 0.4) is 0 Å². The van der Waals surface area contributed by atoms with Gasteiger partial charge in [0.05, 0.1) is 12.8 Å². The first-order valence-corrected chi connectivity index (χ1v) is 7.05. The lowest BCUT2D eigenvalue weighted by molar-refractivity contribution is -0.139. The van der Waals surface area contributed by atoms with E-state index >= 15 is 0 Å². The Bertz CT molecular complexity index is 794. The number of para-hydroxylation sites is 1. The maximum absolute atomic E-state index is 11.7. The highest BCUT2D eigenvalue weighted by atomic mass is 16.5. The molecular formula is C16H15N3O6. The summed E-state index contributed by atoms with van der Waals surface area (Å²) in [6, 6.07) is 6.66. The molecule has 1 aliphatic heterocycles. The first-order chi connectivity index (χ1) is 12.0. The molecule has 1 aromatic carbocycles. The summed E-state index contributed by atoms with van der Waals surface area (Å²) >= 11 is 0. The Morgan fingerprint density at radius 2 is 2.16 bits per heavy atom. The third-order valence-electron chi connectivity index (χ3n) is 3.17. The number of ether oxygens (including phenoxy) is 2. The van der Waals surface area contributed by atoms with E-state index in [9.17, 15) is 14.7 Å². The number of carboxylic acid groups (broad SMARTS) is 1. The number of hydrogen-bond donors (Lipinski definition) is 4. The number of benzene rings is 1. The number of carboxylic acids is 1. The topological polar surface area (TPSA) is 141 Å². The van der Waals surface area contributed by atoms with Crippen LogP contribution in [0.25, 0.3) is 6.08 Å².